The Hall–Kier alpha value is -2.37. The zero-order valence-corrected chi connectivity index (χ0v) is 14.3. The van der Waals surface area contributed by atoms with E-state index in [1.165, 1.54) is 6.07 Å². The Balaban J connectivity index is 1.78. The largest absolute Gasteiger partial charge is 0.507 e. The van der Waals surface area contributed by atoms with Gasteiger partial charge in [0.2, 0.25) is 5.88 Å². The van der Waals surface area contributed by atoms with Crippen molar-refractivity contribution in [2.45, 2.75) is 18.9 Å². The summed E-state index contributed by atoms with van der Waals surface area (Å²) in [5.41, 5.74) is 1.21. The lowest BCUT2D eigenvalue weighted by Gasteiger charge is -2.23. The van der Waals surface area contributed by atoms with Crippen LogP contribution in [0.3, 0.4) is 0 Å². The van der Waals surface area contributed by atoms with E-state index in [1.54, 1.807) is 12.1 Å². The van der Waals surface area contributed by atoms with Gasteiger partial charge < -0.3 is 15.2 Å². The number of nitrogens with one attached hydrogen (secondary N) is 1. The number of aromatic hydroxyl groups is 1. The van der Waals surface area contributed by atoms with Crippen LogP contribution in [0.15, 0.2) is 42.5 Å². The summed E-state index contributed by atoms with van der Waals surface area (Å²) >= 11 is 5.93. The molecule has 25 heavy (non-hydrogen) atoms. The minimum atomic E-state index is 0.0806. The van der Waals surface area contributed by atoms with Gasteiger partial charge in [0.15, 0.2) is 0 Å². The van der Waals surface area contributed by atoms with Crippen LogP contribution in [0.25, 0.3) is 22.0 Å². The maximum absolute atomic E-state index is 10.2. The number of halogens is 1. The third kappa shape index (κ3) is 3.25. The van der Waals surface area contributed by atoms with Crippen molar-refractivity contribution < 1.29 is 9.84 Å². The van der Waals surface area contributed by atoms with Crippen molar-refractivity contribution >= 4 is 22.4 Å². The van der Waals surface area contributed by atoms with E-state index in [0.29, 0.717) is 22.2 Å². The summed E-state index contributed by atoms with van der Waals surface area (Å²) in [7, 11) is 0. The fraction of sp³-hybridized carbons (Fsp3) is 0.263. The summed E-state index contributed by atoms with van der Waals surface area (Å²) in [6.07, 6.45) is 2.19. The zero-order valence-electron chi connectivity index (χ0n) is 13.6. The van der Waals surface area contributed by atoms with Gasteiger partial charge in [-0.05, 0) is 43.7 Å². The maximum atomic E-state index is 10.2. The molecular weight excluding hydrogens is 338 g/mol. The number of benzene rings is 2. The summed E-state index contributed by atoms with van der Waals surface area (Å²) in [5.74, 6) is 0.610. The van der Waals surface area contributed by atoms with Crippen molar-refractivity contribution in [3.63, 3.8) is 0 Å². The number of hydrogen-bond donors (Lipinski definition) is 2. The van der Waals surface area contributed by atoms with E-state index in [2.05, 4.69) is 15.5 Å². The van der Waals surface area contributed by atoms with Crippen molar-refractivity contribution in [1.82, 2.24) is 15.5 Å². The number of hydrogen-bond acceptors (Lipinski definition) is 5. The molecule has 2 N–H and O–H groups in total. The van der Waals surface area contributed by atoms with Gasteiger partial charge in [0, 0.05) is 27.9 Å². The van der Waals surface area contributed by atoms with Gasteiger partial charge in [0.25, 0.3) is 0 Å². The van der Waals surface area contributed by atoms with Crippen molar-refractivity contribution in [2.24, 2.45) is 0 Å². The Bertz CT molecular complexity index is 910. The van der Waals surface area contributed by atoms with Crippen molar-refractivity contribution in [1.29, 1.82) is 0 Å². The smallest absolute Gasteiger partial charge is 0.241 e. The molecule has 1 aliphatic rings. The Morgan fingerprint density at radius 2 is 1.96 bits per heavy atom. The number of phenolic OH excluding ortho intramolecular Hbond substituents is 1. The van der Waals surface area contributed by atoms with Crippen LogP contribution >= 0.6 is 11.6 Å². The summed E-state index contributed by atoms with van der Waals surface area (Å²) in [6, 6.07) is 12.8. The highest BCUT2D eigenvalue weighted by Gasteiger charge is 2.19. The van der Waals surface area contributed by atoms with Crippen LogP contribution in [0.1, 0.15) is 12.8 Å². The summed E-state index contributed by atoms with van der Waals surface area (Å²) in [5, 5.41) is 24.4. The van der Waals surface area contributed by atoms with E-state index in [9.17, 15) is 5.11 Å². The van der Waals surface area contributed by atoms with Gasteiger partial charge in [-0.2, -0.15) is 0 Å². The lowest BCUT2D eigenvalue weighted by atomic mass is 10.0. The molecule has 1 atom stereocenters. The number of fused-ring (bicyclic) bond motifs is 1. The molecule has 1 aromatic heterocycles. The first-order valence-corrected chi connectivity index (χ1v) is 8.72. The average molecular weight is 356 g/mol. The lowest BCUT2D eigenvalue weighted by molar-refractivity contribution is 0.161. The molecule has 1 fully saturated rings. The highest BCUT2D eigenvalue weighted by Crippen LogP contribution is 2.36. The number of ether oxygens (including phenoxy) is 1. The van der Waals surface area contributed by atoms with Crippen molar-refractivity contribution in [2.75, 3.05) is 13.1 Å². The first-order valence-electron chi connectivity index (χ1n) is 8.34. The van der Waals surface area contributed by atoms with E-state index >= 15 is 0 Å². The molecule has 1 aliphatic heterocycles. The Morgan fingerprint density at radius 1 is 1.12 bits per heavy atom. The van der Waals surface area contributed by atoms with E-state index in [4.69, 9.17) is 16.3 Å². The molecule has 1 saturated heterocycles. The fourth-order valence-electron chi connectivity index (χ4n) is 3.15. The second-order valence-electron chi connectivity index (χ2n) is 6.15. The first-order chi connectivity index (χ1) is 12.2. The molecule has 3 aromatic rings. The third-order valence-electron chi connectivity index (χ3n) is 4.40. The molecule has 0 aliphatic carbocycles. The molecule has 0 amide bonds. The number of piperidine rings is 1. The first kappa shape index (κ1) is 16.1. The molecular formula is C19H18ClN3O2. The van der Waals surface area contributed by atoms with Gasteiger partial charge in [-0.25, -0.2) is 0 Å². The van der Waals surface area contributed by atoms with Crippen LogP contribution in [0.2, 0.25) is 5.02 Å². The summed E-state index contributed by atoms with van der Waals surface area (Å²) < 4.78 is 6.09. The highest BCUT2D eigenvalue weighted by atomic mass is 35.5. The molecule has 6 heteroatoms. The van der Waals surface area contributed by atoms with E-state index in [1.807, 2.05) is 24.3 Å². The molecule has 0 radical (unpaired) electrons. The topological polar surface area (TPSA) is 67.3 Å². The SMILES string of the molecule is Oc1cc(Cl)ccc1-c1nnc(OC2CCCNC2)c2ccccc12. The predicted octanol–water partition coefficient (Wildman–Crippen LogP) is 3.79. The van der Waals surface area contributed by atoms with Crippen molar-refractivity contribution in [3.05, 3.63) is 47.5 Å². The van der Waals surface area contributed by atoms with Crippen LogP contribution < -0.4 is 10.1 Å². The van der Waals surface area contributed by atoms with Gasteiger partial charge in [0.05, 0.1) is 0 Å². The summed E-state index contributed by atoms with van der Waals surface area (Å²) in [4.78, 5) is 0. The number of phenols is 1. The molecule has 4 rings (SSSR count). The van der Waals surface area contributed by atoms with Gasteiger partial charge in [0.1, 0.15) is 17.5 Å². The molecule has 1 unspecified atom stereocenters. The van der Waals surface area contributed by atoms with Crippen LogP contribution in [-0.4, -0.2) is 34.5 Å². The predicted molar refractivity (Wildman–Crippen MR) is 98.2 cm³/mol. The molecule has 0 spiro atoms. The average Bonchev–Trinajstić information content (AvgIpc) is 2.64. The fourth-order valence-corrected chi connectivity index (χ4v) is 3.31. The molecule has 0 bridgehead atoms. The van der Waals surface area contributed by atoms with E-state index < -0.39 is 0 Å². The lowest BCUT2D eigenvalue weighted by Crippen LogP contribution is -2.37. The van der Waals surface area contributed by atoms with Gasteiger partial charge in [-0.1, -0.05) is 29.8 Å². The molecule has 5 nitrogen and oxygen atoms in total. The van der Waals surface area contributed by atoms with Crippen LogP contribution in [0.5, 0.6) is 11.6 Å². The normalized spacial score (nSPS) is 17.6. The van der Waals surface area contributed by atoms with Crippen LogP contribution in [0, 0.1) is 0 Å². The Morgan fingerprint density at radius 3 is 2.72 bits per heavy atom. The number of rotatable bonds is 3. The summed E-state index contributed by atoms with van der Waals surface area (Å²) in [6.45, 7) is 1.84. The van der Waals surface area contributed by atoms with Crippen LogP contribution in [-0.2, 0) is 0 Å². The molecule has 2 heterocycles. The van der Waals surface area contributed by atoms with Gasteiger partial charge in [-0.15, -0.1) is 10.2 Å². The van der Waals surface area contributed by atoms with E-state index in [-0.39, 0.29) is 11.9 Å². The second-order valence-corrected chi connectivity index (χ2v) is 6.58. The number of nitrogens with zero attached hydrogens (tertiary/aromatic N) is 2. The van der Waals surface area contributed by atoms with Crippen LogP contribution in [0.4, 0.5) is 0 Å². The molecule has 128 valence electrons. The monoisotopic (exact) mass is 355 g/mol. The quantitative estimate of drug-likeness (QED) is 0.748. The minimum Gasteiger partial charge on any atom is -0.507 e. The number of aromatic nitrogens is 2. The molecule has 2 aromatic carbocycles. The second kappa shape index (κ2) is 6.86. The van der Waals surface area contributed by atoms with Crippen molar-refractivity contribution in [3.8, 4) is 22.9 Å². The standard InChI is InChI=1S/C19H18ClN3O2/c20-12-7-8-16(17(24)10-12)18-14-5-1-2-6-15(14)19(23-22-18)25-13-4-3-9-21-11-13/h1-2,5-8,10,13,21,24H,3-4,9,11H2. The maximum Gasteiger partial charge on any atom is 0.241 e. The minimum absolute atomic E-state index is 0.0806. The Kier molecular flexibility index (Phi) is 4.42. The molecule has 0 saturated carbocycles. The zero-order chi connectivity index (χ0) is 17.2. The Labute approximate surface area is 150 Å². The van der Waals surface area contributed by atoms with E-state index in [0.717, 1.165) is 36.7 Å². The highest BCUT2D eigenvalue weighted by molar-refractivity contribution is 6.30. The van der Waals surface area contributed by atoms with Gasteiger partial charge >= 0.3 is 0 Å². The van der Waals surface area contributed by atoms with Gasteiger partial charge in [-0.3, -0.25) is 0 Å². The third-order valence-corrected chi connectivity index (χ3v) is 4.63.